The summed E-state index contributed by atoms with van der Waals surface area (Å²) in [6.07, 6.45) is 2.16. The van der Waals surface area contributed by atoms with E-state index < -0.39 is 26.4 Å². The number of benzene rings is 1. The molecule has 1 heterocycles. The SMILES string of the molecule is C[C@@H]1CN(c2ccc(NCCCCCNS(=O)(=O)C(C)(C)C)c(F)c2F)CCO1. The van der Waals surface area contributed by atoms with Crippen LogP contribution in [0.5, 0.6) is 0 Å². The molecule has 1 atom stereocenters. The van der Waals surface area contributed by atoms with Gasteiger partial charge in [-0.15, -0.1) is 0 Å². The molecule has 2 rings (SSSR count). The van der Waals surface area contributed by atoms with Crippen LogP contribution < -0.4 is 14.9 Å². The number of nitrogens with one attached hydrogen (secondary N) is 2. The number of ether oxygens (including phenoxy) is 1. The molecule has 0 amide bonds. The van der Waals surface area contributed by atoms with Gasteiger partial charge in [0.15, 0.2) is 11.6 Å². The number of anilines is 2. The smallest absolute Gasteiger partial charge is 0.216 e. The molecular weight excluding hydrogens is 400 g/mol. The van der Waals surface area contributed by atoms with Gasteiger partial charge in [0, 0.05) is 26.2 Å². The van der Waals surface area contributed by atoms with Crippen LogP contribution in [0.1, 0.15) is 47.0 Å². The van der Waals surface area contributed by atoms with Crippen LogP contribution in [0.15, 0.2) is 12.1 Å². The molecule has 2 N–H and O–H groups in total. The zero-order valence-electron chi connectivity index (χ0n) is 17.7. The van der Waals surface area contributed by atoms with Crippen LogP contribution in [-0.2, 0) is 14.8 Å². The Morgan fingerprint density at radius 2 is 1.83 bits per heavy atom. The first kappa shape index (κ1) is 23.8. The van der Waals surface area contributed by atoms with Crippen molar-refractivity contribution in [1.29, 1.82) is 0 Å². The number of hydrogen-bond donors (Lipinski definition) is 2. The fourth-order valence-corrected chi connectivity index (χ4v) is 3.88. The molecule has 9 heteroatoms. The normalized spacial score (nSPS) is 18.1. The van der Waals surface area contributed by atoms with Crippen LogP contribution in [-0.4, -0.2) is 52.1 Å². The monoisotopic (exact) mass is 433 g/mol. The van der Waals surface area contributed by atoms with Crippen LogP contribution in [0.25, 0.3) is 0 Å². The summed E-state index contributed by atoms with van der Waals surface area (Å²) >= 11 is 0. The molecule has 6 nitrogen and oxygen atoms in total. The van der Waals surface area contributed by atoms with Crippen LogP contribution in [0.4, 0.5) is 20.2 Å². The Kier molecular flexibility index (Phi) is 8.25. The molecule has 166 valence electrons. The second kappa shape index (κ2) is 10.0. The number of morpholine rings is 1. The number of hydrogen-bond acceptors (Lipinski definition) is 5. The molecule has 0 spiro atoms. The van der Waals surface area contributed by atoms with Crippen molar-refractivity contribution in [2.75, 3.05) is 43.0 Å². The minimum atomic E-state index is -3.33. The fourth-order valence-electron chi connectivity index (χ4n) is 3.03. The Morgan fingerprint density at radius 1 is 1.14 bits per heavy atom. The Morgan fingerprint density at radius 3 is 2.48 bits per heavy atom. The average Bonchev–Trinajstić information content (AvgIpc) is 2.63. The highest BCUT2D eigenvalue weighted by molar-refractivity contribution is 7.90. The maximum atomic E-state index is 14.5. The number of halogens is 2. The highest BCUT2D eigenvalue weighted by Crippen LogP contribution is 2.28. The predicted octanol–water partition coefficient (Wildman–Crippen LogP) is 3.49. The maximum absolute atomic E-state index is 14.5. The number of sulfonamides is 1. The highest BCUT2D eigenvalue weighted by Gasteiger charge is 2.28. The van der Waals surface area contributed by atoms with Gasteiger partial charge in [0.2, 0.25) is 10.0 Å². The van der Waals surface area contributed by atoms with E-state index in [0.29, 0.717) is 39.2 Å². The van der Waals surface area contributed by atoms with Crippen molar-refractivity contribution in [1.82, 2.24) is 4.72 Å². The molecular formula is C20H33F2N3O3S. The Balaban J connectivity index is 1.76. The van der Waals surface area contributed by atoms with Gasteiger partial charge in [0.25, 0.3) is 0 Å². The predicted molar refractivity (Wildman–Crippen MR) is 113 cm³/mol. The minimum Gasteiger partial charge on any atom is -0.383 e. The third-order valence-electron chi connectivity index (χ3n) is 4.91. The van der Waals surface area contributed by atoms with E-state index in [0.717, 1.165) is 12.8 Å². The Labute approximate surface area is 173 Å². The lowest BCUT2D eigenvalue weighted by Crippen LogP contribution is -2.41. The van der Waals surface area contributed by atoms with Crippen molar-refractivity contribution < 1.29 is 21.9 Å². The lowest BCUT2D eigenvalue weighted by Gasteiger charge is -2.33. The van der Waals surface area contributed by atoms with E-state index in [-0.39, 0.29) is 17.5 Å². The summed E-state index contributed by atoms with van der Waals surface area (Å²) < 4.78 is 60.0. The largest absolute Gasteiger partial charge is 0.383 e. The molecule has 0 bridgehead atoms. The second-order valence-corrected chi connectivity index (χ2v) is 10.9. The van der Waals surface area contributed by atoms with Crippen molar-refractivity contribution in [2.24, 2.45) is 0 Å². The molecule has 1 aliphatic rings. The molecule has 1 aliphatic heterocycles. The zero-order chi connectivity index (χ0) is 21.7. The molecule has 0 saturated carbocycles. The van der Waals surface area contributed by atoms with Gasteiger partial charge in [-0.1, -0.05) is 6.42 Å². The van der Waals surface area contributed by atoms with Crippen molar-refractivity contribution in [3.05, 3.63) is 23.8 Å². The first-order chi connectivity index (χ1) is 13.5. The van der Waals surface area contributed by atoms with Gasteiger partial charge in [0.1, 0.15) is 0 Å². The number of rotatable bonds is 9. The second-order valence-electron chi connectivity index (χ2n) is 8.39. The van der Waals surface area contributed by atoms with Gasteiger partial charge in [-0.2, -0.15) is 0 Å². The van der Waals surface area contributed by atoms with Crippen LogP contribution in [0.2, 0.25) is 0 Å². The van der Waals surface area contributed by atoms with Gasteiger partial charge in [-0.3, -0.25) is 0 Å². The van der Waals surface area contributed by atoms with Crippen LogP contribution >= 0.6 is 0 Å². The number of unbranched alkanes of at least 4 members (excludes halogenated alkanes) is 2. The van der Waals surface area contributed by atoms with Crippen molar-refractivity contribution in [2.45, 2.75) is 57.8 Å². The van der Waals surface area contributed by atoms with Crippen molar-refractivity contribution >= 4 is 21.4 Å². The molecule has 1 saturated heterocycles. The molecule has 1 aromatic carbocycles. The molecule has 1 aromatic rings. The zero-order valence-corrected chi connectivity index (χ0v) is 18.5. The van der Waals surface area contributed by atoms with Crippen LogP contribution in [0.3, 0.4) is 0 Å². The summed E-state index contributed by atoms with van der Waals surface area (Å²) in [5.74, 6) is -1.72. The molecule has 0 radical (unpaired) electrons. The maximum Gasteiger partial charge on any atom is 0.216 e. The summed E-state index contributed by atoms with van der Waals surface area (Å²) in [5.41, 5.74) is 0.398. The van der Waals surface area contributed by atoms with Crippen molar-refractivity contribution in [3.63, 3.8) is 0 Å². The summed E-state index contributed by atoms with van der Waals surface area (Å²) in [4.78, 5) is 1.80. The summed E-state index contributed by atoms with van der Waals surface area (Å²) in [7, 11) is -3.33. The highest BCUT2D eigenvalue weighted by atomic mass is 32.2. The summed E-state index contributed by atoms with van der Waals surface area (Å²) in [6, 6.07) is 3.16. The van der Waals surface area contributed by atoms with Gasteiger partial charge in [-0.05, 0) is 52.7 Å². The number of nitrogens with zero attached hydrogens (tertiary/aromatic N) is 1. The van der Waals surface area contributed by atoms with E-state index in [9.17, 15) is 17.2 Å². The molecule has 0 aromatic heterocycles. The van der Waals surface area contributed by atoms with E-state index in [1.807, 2.05) is 6.92 Å². The molecule has 29 heavy (non-hydrogen) atoms. The standard InChI is InChI=1S/C20H33F2N3O3S/c1-15-14-25(12-13-28-15)17-9-8-16(18(21)19(17)22)23-10-6-5-7-11-24-29(26,27)20(2,3)4/h8-9,15,23-24H,5-7,10-14H2,1-4H3/t15-/m1/s1. The van der Waals surface area contributed by atoms with E-state index in [1.165, 1.54) is 0 Å². The molecule has 0 aliphatic carbocycles. The Bertz CT molecular complexity index is 782. The lowest BCUT2D eigenvalue weighted by atomic mass is 10.2. The fraction of sp³-hybridized carbons (Fsp3) is 0.700. The van der Waals surface area contributed by atoms with Gasteiger partial charge in [0.05, 0.1) is 28.8 Å². The molecule has 1 fully saturated rings. The lowest BCUT2D eigenvalue weighted by molar-refractivity contribution is 0.0529. The Hall–Kier alpha value is -1.45. The minimum absolute atomic E-state index is 0.0168. The first-order valence-corrected chi connectivity index (χ1v) is 11.6. The first-order valence-electron chi connectivity index (χ1n) is 10.1. The van der Waals surface area contributed by atoms with E-state index in [2.05, 4.69) is 10.0 Å². The third kappa shape index (κ3) is 6.52. The van der Waals surface area contributed by atoms with E-state index in [1.54, 1.807) is 37.8 Å². The van der Waals surface area contributed by atoms with Crippen LogP contribution in [0, 0.1) is 11.6 Å². The topological polar surface area (TPSA) is 70.7 Å². The average molecular weight is 434 g/mol. The van der Waals surface area contributed by atoms with E-state index >= 15 is 0 Å². The van der Waals surface area contributed by atoms with Crippen molar-refractivity contribution in [3.8, 4) is 0 Å². The van der Waals surface area contributed by atoms with Gasteiger partial charge in [-0.25, -0.2) is 21.9 Å². The van der Waals surface area contributed by atoms with Gasteiger partial charge < -0.3 is 15.0 Å². The summed E-state index contributed by atoms with van der Waals surface area (Å²) in [5, 5.41) is 2.93. The summed E-state index contributed by atoms with van der Waals surface area (Å²) in [6.45, 7) is 9.27. The van der Waals surface area contributed by atoms with Gasteiger partial charge >= 0.3 is 0 Å². The van der Waals surface area contributed by atoms with E-state index in [4.69, 9.17) is 4.74 Å². The molecule has 0 unspecified atom stereocenters. The quantitative estimate of drug-likeness (QED) is 0.584. The third-order valence-corrected chi connectivity index (χ3v) is 7.11.